The summed E-state index contributed by atoms with van der Waals surface area (Å²) in [5.74, 6) is 1.38. The Morgan fingerprint density at radius 2 is 1.89 bits per heavy atom. The van der Waals surface area contributed by atoms with Crippen LogP contribution in [-0.4, -0.2) is 32.3 Å². The molecule has 27 heavy (non-hydrogen) atoms. The van der Waals surface area contributed by atoms with Crippen LogP contribution in [0.3, 0.4) is 0 Å². The molecule has 1 fully saturated rings. The highest BCUT2D eigenvalue weighted by atomic mass is 16.5. The van der Waals surface area contributed by atoms with Crippen LogP contribution in [0.25, 0.3) is 0 Å². The largest absolute Gasteiger partial charge is 0.491 e. The fourth-order valence-corrected chi connectivity index (χ4v) is 3.20. The zero-order valence-corrected chi connectivity index (χ0v) is 15.8. The van der Waals surface area contributed by atoms with Crippen molar-refractivity contribution in [2.75, 3.05) is 20.3 Å². The first-order valence-electron chi connectivity index (χ1n) is 9.51. The SMILES string of the molecule is COCCOc1cccc(C(=O)NCc2ccccc2OC2CCCC2)c1. The molecule has 2 aromatic rings. The molecule has 1 saturated carbocycles. The fourth-order valence-electron chi connectivity index (χ4n) is 3.20. The van der Waals surface area contributed by atoms with Crippen LogP contribution in [0.15, 0.2) is 48.5 Å². The summed E-state index contributed by atoms with van der Waals surface area (Å²) in [6.07, 6.45) is 4.97. The summed E-state index contributed by atoms with van der Waals surface area (Å²) < 4.78 is 16.7. The van der Waals surface area contributed by atoms with E-state index < -0.39 is 0 Å². The van der Waals surface area contributed by atoms with E-state index in [1.807, 2.05) is 36.4 Å². The van der Waals surface area contributed by atoms with Gasteiger partial charge in [0.25, 0.3) is 5.91 Å². The van der Waals surface area contributed by atoms with Gasteiger partial charge in [-0.2, -0.15) is 0 Å². The molecule has 0 aromatic heterocycles. The molecule has 144 valence electrons. The summed E-state index contributed by atoms with van der Waals surface area (Å²) in [7, 11) is 1.63. The van der Waals surface area contributed by atoms with Crippen LogP contribution in [0.2, 0.25) is 0 Å². The highest BCUT2D eigenvalue weighted by Crippen LogP contribution is 2.26. The highest BCUT2D eigenvalue weighted by Gasteiger charge is 2.18. The third-order valence-electron chi connectivity index (χ3n) is 4.66. The van der Waals surface area contributed by atoms with E-state index in [4.69, 9.17) is 14.2 Å². The van der Waals surface area contributed by atoms with Gasteiger partial charge in [0.15, 0.2) is 0 Å². The van der Waals surface area contributed by atoms with Crippen LogP contribution in [0.4, 0.5) is 0 Å². The van der Waals surface area contributed by atoms with Crippen LogP contribution in [0.5, 0.6) is 11.5 Å². The van der Waals surface area contributed by atoms with Crippen molar-refractivity contribution in [2.24, 2.45) is 0 Å². The van der Waals surface area contributed by atoms with E-state index in [0.29, 0.717) is 37.2 Å². The molecule has 1 amide bonds. The van der Waals surface area contributed by atoms with Crippen LogP contribution in [-0.2, 0) is 11.3 Å². The number of carbonyl (C=O) groups excluding carboxylic acids is 1. The topological polar surface area (TPSA) is 56.8 Å². The average Bonchev–Trinajstić information content (AvgIpc) is 3.21. The molecular formula is C22H27NO4. The fraction of sp³-hybridized carbons (Fsp3) is 0.409. The zero-order valence-electron chi connectivity index (χ0n) is 15.8. The van der Waals surface area contributed by atoms with Gasteiger partial charge in [-0.05, 0) is 49.9 Å². The average molecular weight is 369 g/mol. The third kappa shape index (κ3) is 5.73. The Bertz CT molecular complexity index is 741. The van der Waals surface area contributed by atoms with Gasteiger partial charge < -0.3 is 19.5 Å². The van der Waals surface area contributed by atoms with Crippen LogP contribution in [0, 0.1) is 0 Å². The number of methoxy groups -OCH3 is 1. The molecule has 5 heteroatoms. The van der Waals surface area contributed by atoms with Crippen molar-refractivity contribution in [1.82, 2.24) is 5.32 Å². The van der Waals surface area contributed by atoms with Crippen LogP contribution >= 0.6 is 0 Å². The molecule has 0 radical (unpaired) electrons. The number of hydrogen-bond acceptors (Lipinski definition) is 4. The first kappa shape index (κ1) is 19.2. The van der Waals surface area contributed by atoms with Gasteiger partial charge in [0.1, 0.15) is 18.1 Å². The minimum absolute atomic E-state index is 0.136. The molecule has 2 aromatic carbocycles. The maximum Gasteiger partial charge on any atom is 0.251 e. The number of nitrogens with one attached hydrogen (secondary N) is 1. The first-order valence-corrected chi connectivity index (χ1v) is 9.51. The lowest BCUT2D eigenvalue weighted by atomic mass is 10.1. The van der Waals surface area contributed by atoms with Gasteiger partial charge in [-0.1, -0.05) is 24.3 Å². The molecular weight excluding hydrogens is 342 g/mol. The molecule has 0 heterocycles. The van der Waals surface area contributed by atoms with Gasteiger partial charge in [-0.15, -0.1) is 0 Å². The minimum Gasteiger partial charge on any atom is -0.491 e. The van der Waals surface area contributed by atoms with Gasteiger partial charge in [0.2, 0.25) is 0 Å². The van der Waals surface area contributed by atoms with Gasteiger partial charge in [-0.3, -0.25) is 4.79 Å². The van der Waals surface area contributed by atoms with Crippen molar-refractivity contribution >= 4 is 5.91 Å². The van der Waals surface area contributed by atoms with E-state index >= 15 is 0 Å². The smallest absolute Gasteiger partial charge is 0.251 e. The summed E-state index contributed by atoms with van der Waals surface area (Å²) in [6, 6.07) is 15.1. The predicted octanol–water partition coefficient (Wildman–Crippen LogP) is 3.96. The Labute approximate surface area is 160 Å². The predicted molar refractivity (Wildman–Crippen MR) is 104 cm³/mol. The van der Waals surface area contributed by atoms with E-state index in [1.165, 1.54) is 12.8 Å². The molecule has 0 bridgehead atoms. The highest BCUT2D eigenvalue weighted by molar-refractivity contribution is 5.94. The second-order valence-corrected chi connectivity index (χ2v) is 6.68. The lowest BCUT2D eigenvalue weighted by Gasteiger charge is -2.17. The standard InChI is InChI=1S/C22H27NO4/c1-25-13-14-26-20-11-6-8-17(15-20)22(24)23-16-18-7-2-5-12-21(18)27-19-9-3-4-10-19/h2,5-8,11-12,15,19H,3-4,9-10,13-14,16H2,1H3,(H,23,24). The minimum atomic E-state index is -0.136. The molecule has 0 aliphatic heterocycles. The number of carbonyl (C=O) groups is 1. The summed E-state index contributed by atoms with van der Waals surface area (Å²) in [5, 5.41) is 2.98. The summed E-state index contributed by atoms with van der Waals surface area (Å²) in [4.78, 5) is 12.5. The Balaban J connectivity index is 1.58. The van der Waals surface area contributed by atoms with E-state index in [1.54, 1.807) is 19.2 Å². The third-order valence-corrected chi connectivity index (χ3v) is 4.66. The molecule has 0 atom stereocenters. The molecule has 0 saturated heterocycles. The van der Waals surface area contributed by atoms with E-state index in [9.17, 15) is 4.79 Å². The van der Waals surface area contributed by atoms with Crippen molar-refractivity contribution in [2.45, 2.75) is 38.3 Å². The molecule has 3 rings (SSSR count). The Morgan fingerprint density at radius 1 is 1.07 bits per heavy atom. The lowest BCUT2D eigenvalue weighted by Crippen LogP contribution is -2.23. The monoisotopic (exact) mass is 369 g/mol. The number of amides is 1. The summed E-state index contributed by atoms with van der Waals surface area (Å²) in [5.41, 5.74) is 1.56. The van der Waals surface area contributed by atoms with Crippen molar-refractivity contribution < 1.29 is 19.0 Å². The molecule has 5 nitrogen and oxygen atoms in total. The maximum absolute atomic E-state index is 12.5. The number of ether oxygens (including phenoxy) is 3. The first-order chi connectivity index (χ1) is 13.3. The van der Waals surface area contributed by atoms with Crippen molar-refractivity contribution in [1.29, 1.82) is 0 Å². The number of benzene rings is 2. The van der Waals surface area contributed by atoms with Gasteiger partial charge >= 0.3 is 0 Å². The van der Waals surface area contributed by atoms with Crippen molar-refractivity contribution in [3.63, 3.8) is 0 Å². The Hall–Kier alpha value is -2.53. The zero-order chi connectivity index (χ0) is 18.9. The van der Waals surface area contributed by atoms with Crippen molar-refractivity contribution in [3.05, 3.63) is 59.7 Å². The quantitative estimate of drug-likeness (QED) is 0.680. The summed E-state index contributed by atoms with van der Waals surface area (Å²) >= 11 is 0. The Kier molecular flexibility index (Phi) is 7.11. The molecule has 1 N–H and O–H groups in total. The number of para-hydroxylation sites is 1. The van der Waals surface area contributed by atoms with Gasteiger partial charge in [0.05, 0.1) is 12.7 Å². The number of hydrogen-bond donors (Lipinski definition) is 1. The van der Waals surface area contributed by atoms with E-state index in [-0.39, 0.29) is 5.91 Å². The second-order valence-electron chi connectivity index (χ2n) is 6.68. The molecule has 0 unspecified atom stereocenters. The van der Waals surface area contributed by atoms with E-state index in [2.05, 4.69) is 5.32 Å². The summed E-state index contributed by atoms with van der Waals surface area (Å²) in [6.45, 7) is 1.39. The van der Waals surface area contributed by atoms with E-state index in [0.717, 1.165) is 24.2 Å². The van der Waals surface area contributed by atoms with Gasteiger partial charge in [-0.25, -0.2) is 0 Å². The van der Waals surface area contributed by atoms with Crippen LogP contribution in [0.1, 0.15) is 41.6 Å². The number of rotatable bonds is 9. The molecule has 1 aliphatic carbocycles. The molecule has 1 aliphatic rings. The second kappa shape index (κ2) is 9.97. The van der Waals surface area contributed by atoms with Gasteiger partial charge in [0, 0.05) is 24.8 Å². The maximum atomic E-state index is 12.5. The van der Waals surface area contributed by atoms with Crippen LogP contribution < -0.4 is 14.8 Å². The normalized spacial score (nSPS) is 14.1. The van der Waals surface area contributed by atoms with Crippen molar-refractivity contribution in [3.8, 4) is 11.5 Å². The molecule has 0 spiro atoms. The lowest BCUT2D eigenvalue weighted by molar-refractivity contribution is 0.0949. The Morgan fingerprint density at radius 3 is 2.70 bits per heavy atom.